The van der Waals surface area contributed by atoms with Gasteiger partial charge in [0.15, 0.2) is 17.3 Å². The first-order valence-electron chi connectivity index (χ1n) is 19.3. The quantitative estimate of drug-likeness (QED) is 0.172. The Morgan fingerprint density at radius 3 is 2.53 bits per heavy atom. The number of aromatic nitrogens is 6. The van der Waals surface area contributed by atoms with Crippen molar-refractivity contribution in [3.05, 3.63) is 110 Å². The van der Waals surface area contributed by atoms with Crippen LogP contribution in [0.4, 0.5) is 24.5 Å². The first kappa shape index (κ1) is 39.1. The third-order valence-corrected chi connectivity index (χ3v) is 11.3. The van der Waals surface area contributed by atoms with Gasteiger partial charge >= 0.3 is 6.18 Å². The van der Waals surface area contributed by atoms with E-state index in [0.29, 0.717) is 41.7 Å². The predicted octanol–water partition coefficient (Wildman–Crippen LogP) is 7.24. The van der Waals surface area contributed by atoms with Crippen LogP contribution in [0.25, 0.3) is 11.4 Å². The van der Waals surface area contributed by atoms with Crippen LogP contribution in [0.5, 0.6) is 5.75 Å². The lowest BCUT2D eigenvalue weighted by molar-refractivity contribution is -0.137. The Morgan fingerprint density at radius 2 is 1.79 bits per heavy atom. The Hall–Kier alpha value is -5.77. The fraction of sp³-hybridized carbons (Fsp3) is 0.390. The van der Waals surface area contributed by atoms with E-state index >= 15 is 0 Å². The van der Waals surface area contributed by atoms with Crippen molar-refractivity contribution in [2.75, 3.05) is 36.4 Å². The molecule has 1 fully saturated rings. The molecule has 8 rings (SSSR count). The molecule has 2 atom stereocenters. The lowest BCUT2D eigenvalue weighted by atomic mass is 10.0. The summed E-state index contributed by atoms with van der Waals surface area (Å²) in [6, 6.07) is 11.4. The normalized spacial score (nSPS) is 18.5. The van der Waals surface area contributed by atoms with Crippen molar-refractivity contribution in [3.63, 3.8) is 0 Å². The minimum Gasteiger partial charge on any atom is -0.485 e. The summed E-state index contributed by atoms with van der Waals surface area (Å²) >= 11 is 6.25. The smallest absolute Gasteiger partial charge is 0.416 e. The number of carbonyl (C=O) groups is 2. The van der Waals surface area contributed by atoms with E-state index in [1.54, 1.807) is 16.4 Å². The Kier molecular flexibility index (Phi) is 10.7. The number of anilines is 2. The molecule has 0 spiro atoms. The van der Waals surface area contributed by atoms with Crippen LogP contribution in [-0.4, -0.2) is 72.0 Å². The van der Waals surface area contributed by atoms with Gasteiger partial charge in [0, 0.05) is 32.1 Å². The monoisotopic (exact) mass is 815 g/mol. The number of carbonyl (C=O) groups excluding carboxylic acids is 2. The molecule has 13 nitrogen and oxygen atoms in total. The number of aryl methyl sites for hydroxylation is 1. The number of halogens is 4. The second-order valence-corrected chi connectivity index (χ2v) is 15.3. The molecule has 17 heteroatoms. The second-order valence-electron chi connectivity index (χ2n) is 14.9. The molecule has 302 valence electrons. The van der Waals surface area contributed by atoms with Crippen LogP contribution >= 0.6 is 11.6 Å². The number of hydrogen-bond donors (Lipinski definition) is 1. The van der Waals surface area contributed by atoms with Gasteiger partial charge in [-0.1, -0.05) is 61.4 Å². The Bertz CT molecular complexity index is 2480. The molecule has 3 aliphatic rings. The molecule has 2 amide bonds. The van der Waals surface area contributed by atoms with Gasteiger partial charge in [-0.3, -0.25) is 19.0 Å². The van der Waals surface area contributed by atoms with Gasteiger partial charge in [-0.25, -0.2) is 9.97 Å². The molecule has 3 aromatic heterocycles. The maximum atomic E-state index is 14.6. The highest BCUT2D eigenvalue weighted by Crippen LogP contribution is 2.43. The number of ether oxygens (including phenoxy) is 1. The highest BCUT2D eigenvalue weighted by Gasteiger charge is 2.41. The van der Waals surface area contributed by atoms with Gasteiger partial charge in [0.25, 0.3) is 11.5 Å². The van der Waals surface area contributed by atoms with E-state index in [4.69, 9.17) is 26.4 Å². The molecule has 0 saturated carbocycles. The molecular weight excluding hydrogens is 775 g/mol. The molecule has 0 radical (unpaired) electrons. The number of nitrogens with zero attached hydrogens (tertiary/aromatic N) is 8. The number of piperazine rings is 1. The van der Waals surface area contributed by atoms with Crippen LogP contribution in [0.15, 0.2) is 65.7 Å². The molecule has 5 heterocycles. The van der Waals surface area contributed by atoms with E-state index in [1.807, 2.05) is 42.2 Å². The fourth-order valence-electron chi connectivity index (χ4n) is 8.04. The zero-order valence-electron chi connectivity index (χ0n) is 31.9. The van der Waals surface area contributed by atoms with Crippen LogP contribution in [0.3, 0.4) is 0 Å². The lowest BCUT2D eigenvalue weighted by Crippen LogP contribution is -2.51. The average molecular weight is 816 g/mol. The number of benzene rings is 2. The van der Waals surface area contributed by atoms with Crippen molar-refractivity contribution in [1.82, 2.24) is 34.0 Å². The first-order valence-corrected chi connectivity index (χ1v) is 19.7. The van der Waals surface area contributed by atoms with Crippen LogP contribution in [-0.2, 0) is 17.6 Å². The summed E-state index contributed by atoms with van der Waals surface area (Å²) < 4.78 is 49.2. The van der Waals surface area contributed by atoms with E-state index in [9.17, 15) is 27.6 Å². The van der Waals surface area contributed by atoms with Crippen molar-refractivity contribution < 1.29 is 27.5 Å². The maximum absolute atomic E-state index is 14.6. The van der Waals surface area contributed by atoms with Gasteiger partial charge in [-0.05, 0) is 68.4 Å². The molecule has 1 N–H and O–H groups in total. The summed E-state index contributed by atoms with van der Waals surface area (Å²) in [4.78, 5) is 59.7. The van der Waals surface area contributed by atoms with Crippen molar-refractivity contribution >= 4 is 46.1 Å². The number of fused-ring (bicyclic) bond motifs is 3. The van der Waals surface area contributed by atoms with Gasteiger partial charge in [0.2, 0.25) is 11.7 Å². The van der Waals surface area contributed by atoms with Crippen molar-refractivity contribution in [1.29, 1.82) is 0 Å². The Labute approximate surface area is 336 Å². The van der Waals surface area contributed by atoms with E-state index in [2.05, 4.69) is 21.4 Å². The molecule has 2 aromatic carbocycles. The molecule has 1 saturated heterocycles. The van der Waals surface area contributed by atoms with Gasteiger partial charge in [0.1, 0.15) is 24.7 Å². The fourth-order valence-corrected chi connectivity index (χ4v) is 8.27. The van der Waals surface area contributed by atoms with E-state index in [-0.39, 0.29) is 60.1 Å². The van der Waals surface area contributed by atoms with Gasteiger partial charge in [-0.15, -0.1) is 5.10 Å². The van der Waals surface area contributed by atoms with E-state index < -0.39 is 29.2 Å². The predicted molar refractivity (Wildman–Crippen MR) is 211 cm³/mol. The minimum absolute atomic E-state index is 0.0251. The summed E-state index contributed by atoms with van der Waals surface area (Å²) in [5, 5.41) is 7.19. The summed E-state index contributed by atoms with van der Waals surface area (Å²) in [5.41, 5.74) is 2.18. The number of rotatable bonds is 8. The van der Waals surface area contributed by atoms with Crippen molar-refractivity contribution in [2.45, 2.75) is 77.1 Å². The molecule has 2 aliphatic heterocycles. The third-order valence-electron chi connectivity index (χ3n) is 11.0. The minimum atomic E-state index is -4.61. The Balaban J connectivity index is 1.11. The number of nitrogens with one attached hydrogen (secondary N) is 1. The molecule has 5 aromatic rings. The molecule has 58 heavy (non-hydrogen) atoms. The van der Waals surface area contributed by atoms with Gasteiger partial charge in [-0.2, -0.15) is 22.7 Å². The molecule has 1 aliphatic carbocycles. The topological polar surface area (TPSA) is 140 Å². The molecular formula is C41H41ClF3N9O4. The van der Waals surface area contributed by atoms with Crippen molar-refractivity contribution in [2.24, 2.45) is 0 Å². The van der Waals surface area contributed by atoms with Crippen LogP contribution in [0.1, 0.15) is 96.2 Å². The molecule has 0 bridgehead atoms. The first-order chi connectivity index (χ1) is 27.9. The Morgan fingerprint density at radius 1 is 1.02 bits per heavy atom. The average Bonchev–Trinajstić information content (AvgIpc) is 3.69. The highest BCUT2D eigenvalue weighted by atomic mass is 35.5. The third kappa shape index (κ3) is 7.52. The number of hydrogen-bond acceptors (Lipinski definition) is 9. The summed E-state index contributed by atoms with van der Waals surface area (Å²) in [7, 11) is 0. The van der Waals surface area contributed by atoms with E-state index in [1.165, 1.54) is 10.8 Å². The number of amides is 2. The highest BCUT2D eigenvalue weighted by molar-refractivity contribution is 6.33. The molecule has 2 unspecified atom stereocenters. The maximum Gasteiger partial charge on any atom is 0.416 e. The van der Waals surface area contributed by atoms with E-state index in [0.717, 1.165) is 61.4 Å². The van der Waals surface area contributed by atoms with Gasteiger partial charge < -0.3 is 19.9 Å². The second kappa shape index (κ2) is 15.9. The summed E-state index contributed by atoms with van der Waals surface area (Å²) in [6.07, 6.45) is 3.78. The standard InChI is InChI=1S/C41H41ClF3N9O4/c1-24-20-31(37(55)48-30-15-14-28(21-29(30)42)41(43,44)45)53-33(24)34(39(57)54-40(53)49-36(50-54)27-12-8-3-4-9-13-27)51-16-18-52(19-17-51)38(56)32-35(25(2)46-23-47-32)58-22-26-10-6-5-7-11-26/h5-7,10-12,14-15,21,23-24,31H,3-4,8-9,13,16-20,22H2,1-2H3,(H,48,55). The SMILES string of the molecule is Cc1ncnc(C(=O)N2CCN(c3c4n(c5nc(C6=CCCCCC6)nn5c3=O)C(C(=O)Nc3ccc(C(F)(F)F)cc3Cl)CC4C)CC2)c1OCc1ccccc1. The van der Waals surface area contributed by atoms with Crippen LogP contribution in [0, 0.1) is 6.92 Å². The number of alkyl halides is 3. The zero-order chi connectivity index (χ0) is 40.7. The summed E-state index contributed by atoms with van der Waals surface area (Å²) in [5.74, 6) is -0.240. The van der Waals surface area contributed by atoms with Crippen LogP contribution < -0.4 is 20.5 Å². The van der Waals surface area contributed by atoms with Crippen LogP contribution in [0.2, 0.25) is 5.02 Å². The largest absolute Gasteiger partial charge is 0.485 e. The zero-order valence-corrected chi connectivity index (χ0v) is 32.7. The lowest BCUT2D eigenvalue weighted by Gasteiger charge is -2.36. The summed E-state index contributed by atoms with van der Waals surface area (Å²) in [6.45, 7) is 5.02. The van der Waals surface area contributed by atoms with Gasteiger partial charge in [0.05, 0.1) is 27.7 Å². The number of allylic oxidation sites excluding steroid dienone is 2. The van der Waals surface area contributed by atoms with Crippen molar-refractivity contribution in [3.8, 4) is 5.75 Å².